The molecule has 0 aromatic heterocycles. The van der Waals surface area contributed by atoms with Gasteiger partial charge in [-0.15, -0.1) is 0 Å². The molecule has 2 fully saturated rings. The molecule has 0 unspecified atom stereocenters. The van der Waals surface area contributed by atoms with Crippen LogP contribution in [0.25, 0.3) is 0 Å². The molecule has 0 aliphatic carbocycles. The fraction of sp³-hybridized carbons (Fsp3) is 0.533. The largest absolute Gasteiger partial charge is 0.496 e. The topological polar surface area (TPSA) is 35.5 Å². The van der Waals surface area contributed by atoms with Gasteiger partial charge in [-0.05, 0) is 37.8 Å². The van der Waals surface area contributed by atoms with Crippen LogP contribution < -0.4 is 9.47 Å². The summed E-state index contributed by atoms with van der Waals surface area (Å²) >= 11 is 4.96. The minimum Gasteiger partial charge on any atom is -0.496 e. The van der Waals surface area contributed by atoms with Crippen LogP contribution in [0.1, 0.15) is 36.0 Å². The fourth-order valence-corrected chi connectivity index (χ4v) is 9.41. The molecular formula is C15H20O3PS+. The third-order valence-corrected chi connectivity index (χ3v) is 11.4. The van der Waals surface area contributed by atoms with Crippen molar-refractivity contribution in [1.82, 2.24) is 0 Å². The van der Waals surface area contributed by atoms with Crippen LogP contribution in [0, 0.1) is 0 Å². The highest BCUT2D eigenvalue weighted by atomic mass is 32.7. The lowest BCUT2D eigenvalue weighted by Gasteiger charge is -2.20. The second-order valence-electron chi connectivity index (χ2n) is 5.54. The van der Waals surface area contributed by atoms with E-state index in [1.807, 2.05) is 18.2 Å². The molecule has 0 radical (unpaired) electrons. The zero-order valence-electron chi connectivity index (χ0n) is 11.8. The molecule has 1 aromatic carbocycles. The van der Waals surface area contributed by atoms with Crippen LogP contribution in [0.3, 0.4) is 0 Å². The summed E-state index contributed by atoms with van der Waals surface area (Å²) in [5.41, 5.74) is 1.77. The van der Waals surface area contributed by atoms with E-state index in [1.54, 1.807) is 14.2 Å². The summed E-state index contributed by atoms with van der Waals surface area (Å²) in [6.45, 7) is -1.89. The molecule has 2 aliphatic rings. The normalized spacial score (nSPS) is 31.4. The van der Waals surface area contributed by atoms with Crippen molar-refractivity contribution in [2.75, 3.05) is 14.2 Å². The lowest BCUT2D eigenvalue weighted by Crippen LogP contribution is -2.13. The van der Waals surface area contributed by atoms with Crippen molar-refractivity contribution in [3.8, 4) is 11.5 Å². The summed E-state index contributed by atoms with van der Waals surface area (Å²) in [7, 11) is 3.19. The zero-order valence-corrected chi connectivity index (χ0v) is 13.6. The number of hydrogen-bond donors (Lipinski definition) is 1. The predicted octanol–water partition coefficient (Wildman–Crippen LogP) is 4.03. The average molecular weight is 311 g/mol. The predicted molar refractivity (Wildman–Crippen MR) is 85.8 cm³/mol. The minimum atomic E-state index is -1.89. The van der Waals surface area contributed by atoms with Crippen LogP contribution in [0.4, 0.5) is 0 Å². The molecule has 0 saturated carbocycles. The molecule has 2 aliphatic heterocycles. The number of thiol groups is 1. The summed E-state index contributed by atoms with van der Waals surface area (Å²) in [4.78, 5) is 13.2. The molecule has 2 bridgehead atoms. The van der Waals surface area contributed by atoms with Crippen LogP contribution in [-0.2, 0) is 0 Å². The van der Waals surface area contributed by atoms with E-state index in [0.29, 0.717) is 28.4 Å². The lowest BCUT2D eigenvalue weighted by molar-refractivity contribution is 0.107. The van der Waals surface area contributed by atoms with Gasteiger partial charge in [0, 0.05) is 12.2 Å². The van der Waals surface area contributed by atoms with Crippen molar-refractivity contribution < 1.29 is 14.3 Å². The lowest BCUT2D eigenvalue weighted by atomic mass is 10.0. The molecule has 3 nitrogen and oxygen atoms in total. The number of benzene rings is 1. The smallest absolute Gasteiger partial charge is 0.317 e. The van der Waals surface area contributed by atoms with Gasteiger partial charge in [0.15, 0.2) is 6.46 Å². The van der Waals surface area contributed by atoms with Crippen molar-refractivity contribution in [1.29, 1.82) is 0 Å². The van der Waals surface area contributed by atoms with Crippen LogP contribution >= 0.6 is 18.7 Å². The Kier molecular flexibility index (Phi) is 3.72. The molecule has 0 atom stereocenters. The second-order valence-corrected chi connectivity index (χ2v) is 10.9. The van der Waals surface area contributed by atoms with E-state index in [1.165, 1.54) is 0 Å². The summed E-state index contributed by atoms with van der Waals surface area (Å²) in [5.74, 6) is 1.21. The number of fused-ring (bicyclic) bond motifs is 2. The second kappa shape index (κ2) is 5.23. The third kappa shape index (κ3) is 1.88. The third-order valence-electron chi connectivity index (χ3n) is 4.75. The maximum Gasteiger partial charge on any atom is 0.317 e. The average Bonchev–Trinajstić information content (AvgIpc) is 2.99. The number of carbonyl (C=O) groups excluding carboxylic acids is 1. The van der Waals surface area contributed by atoms with Crippen molar-refractivity contribution in [3.05, 3.63) is 23.8 Å². The maximum atomic E-state index is 13.2. The molecule has 5 heteroatoms. The molecule has 2 saturated heterocycles. The zero-order chi connectivity index (χ0) is 14.3. The van der Waals surface area contributed by atoms with Crippen LogP contribution in [0.15, 0.2) is 18.2 Å². The Morgan fingerprint density at radius 2 is 1.55 bits per heavy atom. The van der Waals surface area contributed by atoms with E-state index in [4.69, 9.17) is 21.7 Å². The monoisotopic (exact) mass is 311 g/mol. The van der Waals surface area contributed by atoms with Crippen molar-refractivity contribution >= 4 is 24.2 Å². The molecule has 1 aromatic rings. The minimum absolute atomic E-state index is 0.181. The highest BCUT2D eigenvalue weighted by molar-refractivity contribution is 8.59. The molecule has 20 heavy (non-hydrogen) atoms. The van der Waals surface area contributed by atoms with Gasteiger partial charge in [0.05, 0.1) is 25.5 Å². The number of methoxy groups -OCH3 is 2. The summed E-state index contributed by atoms with van der Waals surface area (Å²) in [5, 5.41) is 0. The number of rotatable bonds is 4. The highest BCUT2D eigenvalue weighted by Gasteiger charge is 2.65. The van der Waals surface area contributed by atoms with Crippen LogP contribution in [0.5, 0.6) is 11.5 Å². The van der Waals surface area contributed by atoms with Gasteiger partial charge in [0.1, 0.15) is 17.1 Å². The van der Waals surface area contributed by atoms with Gasteiger partial charge < -0.3 is 9.47 Å². The number of ether oxygens (including phenoxy) is 2. The van der Waals surface area contributed by atoms with Gasteiger partial charge >= 0.3 is 5.52 Å². The van der Waals surface area contributed by atoms with Crippen molar-refractivity contribution in [2.45, 2.75) is 37.0 Å². The first-order chi connectivity index (χ1) is 9.62. The van der Waals surface area contributed by atoms with E-state index >= 15 is 0 Å². The fourth-order valence-electron chi connectivity index (χ4n) is 3.72. The Hall–Kier alpha value is -0.730. The SMILES string of the molecule is COc1cccc(OC)c1C(=O)[P+]1(S)C2CCC1CC2. The van der Waals surface area contributed by atoms with E-state index in [9.17, 15) is 4.79 Å². The van der Waals surface area contributed by atoms with E-state index in [-0.39, 0.29) is 5.52 Å². The van der Waals surface area contributed by atoms with Gasteiger partial charge in [-0.1, -0.05) is 6.07 Å². The number of carbonyl (C=O) groups is 1. The van der Waals surface area contributed by atoms with Gasteiger partial charge in [0.25, 0.3) is 0 Å². The molecule has 108 valence electrons. The summed E-state index contributed by atoms with van der Waals surface area (Å²) < 4.78 is 10.8. The Bertz CT molecular complexity index is 504. The van der Waals surface area contributed by atoms with Crippen LogP contribution in [0.2, 0.25) is 0 Å². The molecular weight excluding hydrogens is 291 g/mol. The standard InChI is InChI=1S/C15H20O3PS/c1-17-12-4-3-5-13(18-2)14(12)15(16)19(20)10-6-7-11(19)9-8-10/h3-5,10-11,20H,6-9H2,1-2H3/q+1. The van der Waals surface area contributed by atoms with Gasteiger partial charge in [-0.3, -0.25) is 0 Å². The van der Waals surface area contributed by atoms with E-state index in [0.717, 1.165) is 25.7 Å². The molecule has 2 heterocycles. The Morgan fingerprint density at radius 1 is 1.10 bits per heavy atom. The van der Waals surface area contributed by atoms with Gasteiger partial charge in [-0.2, -0.15) is 0 Å². The first kappa shape index (κ1) is 14.2. The maximum absolute atomic E-state index is 13.2. The van der Waals surface area contributed by atoms with E-state index in [2.05, 4.69) is 0 Å². The summed E-state index contributed by atoms with van der Waals surface area (Å²) in [6.07, 6.45) is 4.63. The van der Waals surface area contributed by atoms with Crippen LogP contribution in [-0.4, -0.2) is 31.1 Å². The molecule has 0 spiro atoms. The Morgan fingerprint density at radius 3 is 1.95 bits per heavy atom. The van der Waals surface area contributed by atoms with Gasteiger partial charge in [0.2, 0.25) is 0 Å². The molecule has 0 amide bonds. The Balaban J connectivity index is 2.07. The molecule has 3 rings (SSSR count). The van der Waals surface area contributed by atoms with Gasteiger partial charge in [-0.25, -0.2) is 4.79 Å². The quantitative estimate of drug-likeness (QED) is 0.673. The molecule has 0 N–H and O–H groups in total. The Labute approximate surface area is 125 Å². The van der Waals surface area contributed by atoms with Crippen molar-refractivity contribution in [3.63, 3.8) is 0 Å². The van der Waals surface area contributed by atoms with E-state index < -0.39 is 6.46 Å². The number of hydrogen-bond acceptors (Lipinski definition) is 4. The summed E-state index contributed by atoms with van der Waals surface area (Å²) in [6, 6.07) is 5.50. The first-order valence-corrected chi connectivity index (χ1v) is 10.1. The van der Waals surface area contributed by atoms with Crippen molar-refractivity contribution in [2.24, 2.45) is 0 Å². The highest BCUT2D eigenvalue weighted by Crippen LogP contribution is 2.83. The first-order valence-electron chi connectivity index (χ1n) is 7.00.